The fraction of sp³-hybridized carbons (Fsp3) is 0.600. The van der Waals surface area contributed by atoms with E-state index < -0.39 is 0 Å². The van der Waals surface area contributed by atoms with Crippen LogP contribution in [0.3, 0.4) is 0 Å². The molecule has 144 valence electrons. The molecule has 0 bridgehead atoms. The largest absolute Gasteiger partial charge is 0.350 e. The first kappa shape index (κ1) is 21.7. The van der Waals surface area contributed by atoms with Gasteiger partial charge in [-0.1, -0.05) is 48.9 Å². The molecule has 0 aromatic heterocycles. The molecule has 0 saturated heterocycles. The topological polar surface area (TPSA) is 32.7 Å². The molecule has 1 heterocycles. The first-order valence-electron chi connectivity index (χ1n) is 9.43. The zero-order valence-electron chi connectivity index (χ0n) is 15.1. The molecule has 0 amide bonds. The normalized spacial score (nSPS) is 18.5. The summed E-state index contributed by atoms with van der Waals surface area (Å²) in [5.41, 5.74) is 0.629. The lowest BCUT2D eigenvalue weighted by molar-refractivity contribution is 0.0934. The minimum atomic E-state index is 0. The van der Waals surface area contributed by atoms with E-state index in [4.69, 9.17) is 28.2 Å². The summed E-state index contributed by atoms with van der Waals surface area (Å²) in [4.78, 5) is 20.0. The number of hydrogen-bond acceptors (Lipinski definition) is 3. The third-order valence-corrected chi connectivity index (χ3v) is 5.99. The van der Waals surface area contributed by atoms with Crippen LogP contribution >= 0.6 is 40.2 Å². The summed E-state index contributed by atoms with van der Waals surface area (Å²) in [7, 11) is 0. The molecule has 2 aliphatic rings. The van der Waals surface area contributed by atoms with Crippen molar-refractivity contribution in [2.45, 2.75) is 63.8 Å². The smallest absolute Gasteiger partial charge is 0.182 e. The molecule has 1 aliphatic carbocycles. The first-order valence-corrected chi connectivity index (χ1v) is 10.2. The van der Waals surface area contributed by atoms with Crippen LogP contribution in [0.15, 0.2) is 23.2 Å². The quantitative estimate of drug-likeness (QED) is 0.488. The molecular weight excluding hydrogens is 435 g/mol. The van der Waals surface area contributed by atoms with Gasteiger partial charge in [-0.15, -0.1) is 17.0 Å². The molecule has 1 aromatic rings. The number of benzene rings is 1. The van der Waals surface area contributed by atoms with Gasteiger partial charge in [0.25, 0.3) is 0 Å². The Morgan fingerprint density at radius 1 is 1.04 bits per heavy atom. The highest BCUT2D eigenvalue weighted by Gasteiger charge is 2.26. The van der Waals surface area contributed by atoms with Crippen molar-refractivity contribution < 1.29 is 4.79 Å². The van der Waals surface area contributed by atoms with Gasteiger partial charge < -0.3 is 4.90 Å². The average molecular weight is 462 g/mol. The van der Waals surface area contributed by atoms with Gasteiger partial charge in [-0.25, -0.2) is 0 Å². The average Bonchev–Trinajstić information content (AvgIpc) is 2.92. The van der Waals surface area contributed by atoms with Gasteiger partial charge in [0.15, 0.2) is 5.78 Å². The van der Waals surface area contributed by atoms with E-state index >= 15 is 0 Å². The van der Waals surface area contributed by atoms with E-state index in [2.05, 4.69) is 4.90 Å². The summed E-state index contributed by atoms with van der Waals surface area (Å²) < 4.78 is 0. The van der Waals surface area contributed by atoms with Gasteiger partial charge in [0.1, 0.15) is 0 Å². The molecule has 0 spiro atoms. The minimum absolute atomic E-state index is 0. The van der Waals surface area contributed by atoms with Crippen molar-refractivity contribution in [1.82, 2.24) is 4.90 Å². The molecule has 1 aromatic carbocycles. The summed E-state index contributed by atoms with van der Waals surface area (Å²) in [6.07, 6.45) is 10.7. The molecule has 3 rings (SSSR count). The lowest BCUT2D eigenvalue weighted by atomic mass is 9.93. The Balaban J connectivity index is 0.00000243. The molecule has 0 radical (unpaired) electrons. The second kappa shape index (κ2) is 10.7. The summed E-state index contributed by atoms with van der Waals surface area (Å²) in [5.74, 6) is 1.23. The predicted molar refractivity (Wildman–Crippen MR) is 115 cm³/mol. The Morgan fingerprint density at radius 3 is 2.50 bits per heavy atom. The van der Waals surface area contributed by atoms with Crippen LogP contribution in [0, 0.1) is 0 Å². The fourth-order valence-electron chi connectivity index (χ4n) is 3.83. The Kier molecular flexibility index (Phi) is 8.92. The van der Waals surface area contributed by atoms with E-state index in [0.29, 0.717) is 28.2 Å². The van der Waals surface area contributed by atoms with Crippen molar-refractivity contribution in [3.63, 3.8) is 0 Å². The van der Waals surface area contributed by atoms with E-state index in [9.17, 15) is 4.79 Å². The number of nitrogens with zero attached hydrogens (tertiary/aromatic N) is 2. The minimum Gasteiger partial charge on any atom is -0.350 e. The maximum Gasteiger partial charge on any atom is 0.182 e. The van der Waals surface area contributed by atoms with Crippen LogP contribution in [0.25, 0.3) is 0 Å². The van der Waals surface area contributed by atoms with Crippen LogP contribution in [0.2, 0.25) is 10.0 Å². The van der Waals surface area contributed by atoms with Crippen LogP contribution in [0.4, 0.5) is 0 Å². The maximum absolute atomic E-state index is 12.9. The van der Waals surface area contributed by atoms with Gasteiger partial charge >= 0.3 is 0 Å². The van der Waals surface area contributed by atoms with Gasteiger partial charge in [-0.05, 0) is 43.9 Å². The summed E-state index contributed by atoms with van der Waals surface area (Å²) in [6, 6.07) is 5.59. The summed E-state index contributed by atoms with van der Waals surface area (Å²) in [5, 5.41) is 0.916. The SMILES string of the molecule is Br.O=C(CN(C1=NCCCCC1)C1CCCCC1)c1ccc(Cl)c(Cl)c1. The van der Waals surface area contributed by atoms with Gasteiger partial charge in [0, 0.05) is 24.6 Å². The van der Waals surface area contributed by atoms with Crippen molar-refractivity contribution in [3.05, 3.63) is 33.8 Å². The fourth-order valence-corrected chi connectivity index (χ4v) is 4.13. The van der Waals surface area contributed by atoms with Gasteiger partial charge in [0.2, 0.25) is 0 Å². The van der Waals surface area contributed by atoms with Gasteiger partial charge in [0.05, 0.1) is 22.4 Å². The van der Waals surface area contributed by atoms with E-state index in [1.165, 1.54) is 32.1 Å². The first-order chi connectivity index (χ1) is 12.1. The number of Topliss-reactive ketones (excluding diaryl/α,β-unsaturated/α-hetero) is 1. The van der Waals surface area contributed by atoms with Crippen molar-refractivity contribution in [1.29, 1.82) is 0 Å². The number of carbonyl (C=O) groups is 1. The third kappa shape index (κ3) is 5.71. The van der Waals surface area contributed by atoms with Crippen LogP contribution in [-0.2, 0) is 0 Å². The van der Waals surface area contributed by atoms with Crippen molar-refractivity contribution in [2.24, 2.45) is 4.99 Å². The lowest BCUT2D eigenvalue weighted by Crippen LogP contribution is -2.44. The number of aliphatic imine (C=N–C) groups is 1. The van der Waals surface area contributed by atoms with Crippen LogP contribution in [0.5, 0.6) is 0 Å². The molecule has 0 unspecified atom stereocenters. The molecule has 3 nitrogen and oxygen atoms in total. The van der Waals surface area contributed by atoms with E-state index in [0.717, 1.165) is 38.1 Å². The molecule has 0 atom stereocenters. The van der Waals surface area contributed by atoms with Gasteiger partial charge in [-0.3, -0.25) is 9.79 Å². The van der Waals surface area contributed by atoms with Crippen LogP contribution in [-0.4, -0.2) is 35.7 Å². The maximum atomic E-state index is 12.9. The Bertz CT molecular complexity index is 645. The Hall–Kier alpha value is -0.580. The Labute approximate surface area is 176 Å². The van der Waals surface area contributed by atoms with Crippen molar-refractivity contribution in [3.8, 4) is 0 Å². The molecule has 6 heteroatoms. The highest BCUT2D eigenvalue weighted by molar-refractivity contribution is 8.93. The summed E-state index contributed by atoms with van der Waals surface area (Å²) >= 11 is 12.1. The van der Waals surface area contributed by atoms with Gasteiger partial charge in [-0.2, -0.15) is 0 Å². The molecule has 0 N–H and O–H groups in total. The zero-order valence-corrected chi connectivity index (χ0v) is 18.3. The highest BCUT2D eigenvalue weighted by Crippen LogP contribution is 2.26. The van der Waals surface area contributed by atoms with Crippen molar-refractivity contribution in [2.75, 3.05) is 13.1 Å². The third-order valence-electron chi connectivity index (χ3n) is 5.26. The molecular formula is C20H27BrCl2N2O. The van der Waals surface area contributed by atoms with Crippen molar-refractivity contribution >= 4 is 51.8 Å². The lowest BCUT2D eigenvalue weighted by Gasteiger charge is -2.36. The number of ketones is 1. The molecule has 1 aliphatic heterocycles. The standard InChI is InChI=1S/C20H26Cl2N2O.BrH/c21-17-11-10-15(13-18(17)22)19(25)14-24(16-7-3-1-4-8-16)20-9-5-2-6-12-23-20;/h10-11,13,16H,1-9,12,14H2;1H. The molecule has 1 fully saturated rings. The van der Waals surface area contributed by atoms with Crippen LogP contribution < -0.4 is 0 Å². The van der Waals surface area contributed by atoms with E-state index in [1.54, 1.807) is 18.2 Å². The zero-order chi connectivity index (χ0) is 17.6. The molecule has 26 heavy (non-hydrogen) atoms. The summed E-state index contributed by atoms with van der Waals surface area (Å²) in [6.45, 7) is 1.28. The number of halogens is 3. The second-order valence-corrected chi connectivity index (χ2v) is 7.89. The molecule has 1 saturated carbocycles. The predicted octanol–water partition coefficient (Wildman–Crippen LogP) is 6.36. The number of carbonyl (C=O) groups excluding carboxylic acids is 1. The van der Waals surface area contributed by atoms with Crippen LogP contribution in [0.1, 0.15) is 68.1 Å². The number of hydrogen-bond donors (Lipinski definition) is 0. The number of amidine groups is 1. The van der Waals surface area contributed by atoms with E-state index in [-0.39, 0.29) is 22.8 Å². The highest BCUT2D eigenvalue weighted by atomic mass is 79.9. The second-order valence-electron chi connectivity index (χ2n) is 7.08. The number of rotatable bonds is 4. The Morgan fingerprint density at radius 2 is 1.77 bits per heavy atom. The monoisotopic (exact) mass is 460 g/mol. The van der Waals surface area contributed by atoms with E-state index in [1.807, 2.05) is 0 Å².